The predicted octanol–water partition coefficient (Wildman–Crippen LogP) is 4.01. The average molecular weight is 469 g/mol. The summed E-state index contributed by atoms with van der Waals surface area (Å²) in [5.74, 6) is 0.875. The van der Waals surface area contributed by atoms with Crippen LogP contribution in [0.4, 0.5) is 5.82 Å². The predicted molar refractivity (Wildman–Crippen MR) is 131 cm³/mol. The van der Waals surface area contributed by atoms with Gasteiger partial charge in [-0.05, 0) is 41.5 Å². The van der Waals surface area contributed by atoms with Crippen molar-refractivity contribution in [2.24, 2.45) is 5.14 Å². The summed E-state index contributed by atoms with van der Waals surface area (Å²) < 4.78 is 23.6. The molecule has 0 bridgehead atoms. The first-order valence-electron chi connectivity index (χ1n) is 10.5. The van der Waals surface area contributed by atoms with Crippen LogP contribution in [0, 0.1) is 0 Å². The molecule has 0 radical (unpaired) electrons. The van der Waals surface area contributed by atoms with Gasteiger partial charge < -0.3 is 5.32 Å². The van der Waals surface area contributed by atoms with Gasteiger partial charge in [-0.1, -0.05) is 54.6 Å². The normalized spacial score (nSPS) is 11.4. The molecule has 0 aliphatic rings. The summed E-state index contributed by atoms with van der Waals surface area (Å²) in [5, 5.41) is 9.26. The van der Waals surface area contributed by atoms with Gasteiger partial charge in [-0.25, -0.2) is 28.5 Å². The van der Waals surface area contributed by atoms with Crippen LogP contribution < -0.4 is 10.5 Å². The number of primary sulfonamides is 1. The van der Waals surface area contributed by atoms with Crippen LogP contribution >= 0.6 is 0 Å². The number of nitrogens with zero attached hydrogens (tertiary/aromatic N) is 4. The topological polar surface area (TPSA) is 124 Å². The molecule has 0 aliphatic carbocycles. The zero-order chi connectivity index (χ0) is 23.5. The highest BCUT2D eigenvalue weighted by molar-refractivity contribution is 7.89. The molecule has 8 nitrogen and oxygen atoms in total. The van der Waals surface area contributed by atoms with E-state index in [-0.39, 0.29) is 10.9 Å². The summed E-state index contributed by atoms with van der Waals surface area (Å²) in [6.45, 7) is 0.445. The molecule has 0 fully saturated rings. The second-order valence-electron chi connectivity index (χ2n) is 7.54. The second kappa shape index (κ2) is 8.97. The van der Waals surface area contributed by atoms with Gasteiger partial charge in [0.2, 0.25) is 0 Å². The third-order valence-electron chi connectivity index (χ3n) is 5.22. The van der Waals surface area contributed by atoms with Crippen molar-refractivity contribution >= 4 is 26.7 Å². The molecular weight excluding hydrogens is 448 g/mol. The van der Waals surface area contributed by atoms with Crippen LogP contribution in [0.2, 0.25) is 0 Å². The highest BCUT2D eigenvalue weighted by atomic mass is 32.2. The SMILES string of the molecule is NS(=O)(=O)c1cccc(-c2nc(NCc3ccccn3)c3c(-c4ccccc4)cccc3n2)n1. The molecule has 0 unspecified atom stereocenters. The minimum Gasteiger partial charge on any atom is -0.364 e. The lowest BCUT2D eigenvalue weighted by atomic mass is 10.0. The van der Waals surface area contributed by atoms with Gasteiger partial charge in [0.15, 0.2) is 10.9 Å². The summed E-state index contributed by atoms with van der Waals surface area (Å²) in [7, 11) is -3.97. The van der Waals surface area contributed by atoms with Crippen molar-refractivity contribution in [3.05, 3.63) is 96.8 Å². The molecule has 3 aromatic heterocycles. The van der Waals surface area contributed by atoms with E-state index in [1.54, 1.807) is 18.3 Å². The van der Waals surface area contributed by atoms with Gasteiger partial charge in [0.25, 0.3) is 10.0 Å². The Morgan fingerprint density at radius 1 is 0.794 bits per heavy atom. The average Bonchev–Trinajstić information content (AvgIpc) is 2.87. The van der Waals surface area contributed by atoms with E-state index in [1.165, 1.54) is 6.07 Å². The van der Waals surface area contributed by atoms with Gasteiger partial charge in [-0.2, -0.15) is 0 Å². The second-order valence-corrected chi connectivity index (χ2v) is 9.05. The van der Waals surface area contributed by atoms with Crippen molar-refractivity contribution < 1.29 is 8.42 Å². The molecule has 5 rings (SSSR count). The van der Waals surface area contributed by atoms with Crippen LogP contribution in [0.1, 0.15) is 5.69 Å². The number of nitrogens with one attached hydrogen (secondary N) is 1. The molecule has 5 aromatic rings. The number of hydrogen-bond donors (Lipinski definition) is 2. The Bertz CT molecular complexity index is 1580. The number of aromatic nitrogens is 4. The van der Waals surface area contributed by atoms with E-state index in [9.17, 15) is 8.42 Å². The molecule has 3 N–H and O–H groups in total. The number of fused-ring (bicyclic) bond motifs is 1. The van der Waals surface area contributed by atoms with Gasteiger partial charge in [-0.3, -0.25) is 4.98 Å². The van der Waals surface area contributed by atoms with E-state index in [1.807, 2.05) is 66.7 Å². The Hall–Kier alpha value is -4.21. The van der Waals surface area contributed by atoms with E-state index in [2.05, 4.69) is 15.3 Å². The minimum absolute atomic E-state index is 0.241. The third kappa shape index (κ3) is 4.47. The van der Waals surface area contributed by atoms with Crippen LogP contribution in [-0.2, 0) is 16.6 Å². The van der Waals surface area contributed by atoms with Gasteiger partial charge >= 0.3 is 0 Å². The number of anilines is 1. The van der Waals surface area contributed by atoms with Gasteiger partial charge in [0.05, 0.1) is 23.1 Å². The van der Waals surface area contributed by atoms with Crippen LogP contribution in [0.25, 0.3) is 33.5 Å². The molecule has 2 aromatic carbocycles. The van der Waals surface area contributed by atoms with Crippen LogP contribution in [0.15, 0.2) is 96.2 Å². The van der Waals surface area contributed by atoms with Crippen molar-refractivity contribution in [1.29, 1.82) is 0 Å². The molecule has 0 saturated carbocycles. The summed E-state index contributed by atoms with van der Waals surface area (Å²) in [4.78, 5) is 18.0. The maximum absolute atomic E-state index is 11.8. The van der Waals surface area contributed by atoms with Crippen molar-refractivity contribution in [3.63, 3.8) is 0 Å². The van der Waals surface area contributed by atoms with Gasteiger partial charge in [0.1, 0.15) is 11.5 Å². The largest absolute Gasteiger partial charge is 0.364 e. The fraction of sp³-hybridized carbons (Fsp3) is 0.0400. The van der Waals surface area contributed by atoms with Crippen LogP contribution in [0.5, 0.6) is 0 Å². The first-order chi connectivity index (χ1) is 16.5. The summed E-state index contributed by atoms with van der Waals surface area (Å²) in [6.07, 6.45) is 1.73. The van der Waals surface area contributed by atoms with E-state index in [4.69, 9.17) is 15.1 Å². The molecule has 0 saturated heterocycles. The molecular formula is C25H20N6O2S. The van der Waals surface area contributed by atoms with Gasteiger partial charge in [0, 0.05) is 6.20 Å². The van der Waals surface area contributed by atoms with E-state index in [0.29, 0.717) is 23.6 Å². The smallest absolute Gasteiger partial charge is 0.255 e. The minimum atomic E-state index is -3.97. The number of benzene rings is 2. The lowest BCUT2D eigenvalue weighted by molar-refractivity contribution is 0.594. The third-order valence-corrected chi connectivity index (χ3v) is 6.03. The number of pyridine rings is 2. The lowest BCUT2D eigenvalue weighted by Gasteiger charge is -2.14. The Morgan fingerprint density at radius 2 is 1.59 bits per heavy atom. The maximum atomic E-state index is 11.8. The Kier molecular flexibility index (Phi) is 5.70. The quantitative estimate of drug-likeness (QED) is 0.386. The highest BCUT2D eigenvalue weighted by Gasteiger charge is 2.17. The van der Waals surface area contributed by atoms with Crippen molar-refractivity contribution in [2.45, 2.75) is 11.6 Å². The number of rotatable bonds is 6. The zero-order valence-corrected chi connectivity index (χ0v) is 18.8. The Morgan fingerprint density at radius 3 is 2.35 bits per heavy atom. The maximum Gasteiger partial charge on any atom is 0.255 e. The summed E-state index contributed by atoms with van der Waals surface area (Å²) in [6, 6.07) is 26.1. The molecule has 3 heterocycles. The van der Waals surface area contributed by atoms with E-state index >= 15 is 0 Å². The highest BCUT2D eigenvalue weighted by Crippen LogP contribution is 2.34. The number of nitrogens with two attached hydrogens (primary N) is 1. The number of sulfonamides is 1. The van der Waals surface area contributed by atoms with Crippen LogP contribution in [0.3, 0.4) is 0 Å². The first-order valence-corrected chi connectivity index (χ1v) is 12.0. The fourth-order valence-electron chi connectivity index (χ4n) is 3.66. The Balaban J connectivity index is 1.69. The van der Waals surface area contributed by atoms with Crippen molar-refractivity contribution in [1.82, 2.24) is 19.9 Å². The van der Waals surface area contributed by atoms with Crippen molar-refractivity contribution in [2.75, 3.05) is 5.32 Å². The summed E-state index contributed by atoms with van der Waals surface area (Å²) >= 11 is 0. The van der Waals surface area contributed by atoms with Crippen LogP contribution in [-0.4, -0.2) is 28.4 Å². The molecule has 9 heteroatoms. The Labute approximate surface area is 196 Å². The first kappa shape index (κ1) is 21.6. The fourth-order valence-corrected chi connectivity index (χ4v) is 4.15. The molecule has 0 atom stereocenters. The van der Waals surface area contributed by atoms with E-state index < -0.39 is 10.0 Å². The molecule has 0 amide bonds. The summed E-state index contributed by atoms with van der Waals surface area (Å²) in [5.41, 5.74) is 3.85. The molecule has 0 aliphatic heterocycles. The van der Waals surface area contributed by atoms with E-state index in [0.717, 1.165) is 22.2 Å². The molecule has 34 heavy (non-hydrogen) atoms. The monoisotopic (exact) mass is 468 g/mol. The zero-order valence-electron chi connectivity index (χ0n) is 18.0. The molecule has 0 spiro atoms. The lowest BCUT2D eigenvalue weighted by Crippen LogP contribution is -2.14. The van der Waals surface area contributed by atoms with Crippen molar-refractivity contribution in [3.8, 4) is 22.6 Å². The van der Waals surface area contributed by atoms with Gasteiger partial charge in [-0.15, -0.1) is 0 Å². The standard InChI is InChI=1S/C25H20N6O2S/c26-34(32,33)22-14-7-13-21(29-22)24-30-20-12-6-11-19(17-8-2-1-3-9-17)23(20)25(31-24)28-16-18-10-4-5-15-27-18/h1-15H,16H2,(H2,26,32,33)(H,28,30,31). The number of hydrogen-bond acceptors (Lipinski definition) is 7. The molecule has 168 valence electrons.